The summed E-state index contributed by atoms with van der Waals surface area (Å²) >= 11 is 0. The number of nitrogens with one attached hydrogen (secondary N) is 1. The van der Waals surface area contributed by atoms with Crippen LogP contribution < -0.4 is 4.74 Å². The Morgan fingerprint density at radius 1 is 1.37 bits per heavy atom. The summed E-state index contributed by atoms with van der Waals surface area (Å²) in [6.07, 6.45) is 2.61. The summed E-state index contributed by atoms with van der Waals surface area (Å²) in [6.45, 7) is 0. The van der Waals surface area contributed by atoms with Gasteiger partial charge in [-0.1, -0.05) is 12.1 Å². The molecule has 100 valence electrons. The van der Waals surface area contributed by atoms with Crippen molar-refractivity contribution in [3.8, 4) is 17.0 Å². The highest BCUT2D eigenvalue weighted by molar-refractivity contribution is 5.69. The first kappa shape index (κ1) is 13.1. The van der Waals surface area contributed by atoms with Gasteiger partial charge in [0.05, 0.1) is 32.5 Å². The zero-order valence-corrected chi connectivity index (χ0v) is 11.0. The fourth-order valence-corrected chi connectivity index (χ4v) is 1.75. The van der Waals surface area contributed by atoms with Crippen LogP contribution >= 0.6 is 0 Å². The molecular formula is C14H16N2O3. The first-order valence-corrected chi connectivity index (χ1v) is 5.98. The highest BCUT2D eigenvalue weighted by Crippen LogP contribution is 2.22. The van der Waals surface area contributed by atoms with E-state index in [1.165, 1.54) is 7.11 Å². The molecule has 0 unspecified atom stereocenters. The van der Waals surface area contributed by atoms with Crippen LogP contribution in [0.15, 0.2) is 30.5 Å². The average molecular weight is 260 g/mol. The van der Waals surface area contributed by atoms with Crippen molar-refractivity contribution in [3.63, 3.8) is 0 Å². The maximum absolute atomic E-state index is 11.1. The number of esters is 1. The predicted molar refractivity (Wildman–Crippen MR) is 70.9 cm³/mol. The molecule has 2 rings (SSSR count). The van der Waals surface area contributed by atoms with Gasteiger partial charge in [0, 0.05) is 12.0 Å². The van der Waals surface area contributed by atoms with E-state index >= 15 is 0 Å². The first-order chi connectivity index (χ1) is 9.22. The Morgan fingerprint density at radius 2 is 2.21 bits per heavy atom. The zero-order valence-electron chi connectivity index (χ0n) is 11.0. The molecule has 0 radical (unpaired) electrons. The lowest BCUT2D eigenvalue weighted by Gasteiger charge is -2.02. The summed E-state index contributed by atoms with van der Waals surface area (Å²) in [5, 5.41) is 0. The van der Waals surface area contributed by atoms with Gasteiger partial charge in [-0.05, 0) is 12.1 Å². The molecule has 0 spiro atoms. The topological polar surface area (TPSA) is 64.2 Å². The van der Waals surface area contributed by atoms with Crippen LogP contribution in [-0.2, 0) is 16.0 Å². The average Bonchev–Trinajstić information content (AvgIpc) is 2.93. The number of hydrogen-bond acceptors (Lipinski definition) is 4. The molecule has 1 aromatic heterocycles. The van der Waals surface area contributed by atoms with Gasteiger partial charge in [0.2, 0.25) is 0 Å². The summed E-state index contributed by atoms with van der Waals surface area (Å²) < 4.78 is 9.78. The number of aromatic nitrogens is 2. The molecule has 19 heavy (non-hydrogen) atoms. The molecule has 1 heterocycles. The maximum Gasteiger partial charge on any atom is 0.305 e. The molecule has 0 aliphatic carbocycles. The van der Waals surface area contributed by atoms with Crippen LogP contribution in [-0.4, -0.2) is 30.2 Å². The number of carbonyl (C=O) groups is 1. The molecular weight excluding hydrogens is 244 g/mol. The molecule has 0 saturated heterocycles. The molecule has 1 aromatic carbocycles. The lowest BCUT2D eigenvalue weighted by molar-refractivity contribution is -0.140. The summed E-state index contributed by atoms with van der Waals surface area (Å²) in [5.41, 5.74) is 1.90. The van der Waals surface area contributed by atoms with E-state index in [-0.39, 0.29) is 5.97 Å². The van der Waals surface area contributed by atoms with E-state index in [1.54, 1.807) is 13.3 Å². The number of benzene rings is 1. The first-order valence-electron chi connectivity index (χ1n) is 5.98. The van der Waals surface area contributed by atoms with E-state index in [0.717, 1.165) is 22.8 Å². The lowest BCUT2D eigenvalue weighted by Crippen LogP contribution is -2.02. The van der Waals surface area contributed by atoms with Crippen molar-refractivity contribution >= 4 is 5.97 Å². The third-order valence-corrected chi connectivity index (χ3v) is 2.80. The Labute approximate surface area is 111 Å². The monoisotopic (exact) mass is 260 g/mol. The van der Waals surface area contributed by atoms with Crippen molar-refractivity contribution in [1.29, 1.82) is 0 Å². The van der Waals surface area contributed by atoms with Crippen molar-refractivity contribution in [2.75, 3.05) is 14.2 Å². The molecule has 5 nitrogen and oxygen atoms in total. The minimum atomic E-state index is -0.237. The quantitative estimate of drug-likeness (QED) is 0.837. The number of imidazole rings is 1. The number of hydrogen-bond donors (Lipinski definition) is 1. The summed E-state index contributed by atoms with van der Waals surface area (Å²) in [6, 6.07) is 7.71. The second kappa shape index (κ2) is 6.04. The number of nitrogens with zero attached hydrogens (tertiary/aromatic N) is 1. The third kappa shape index (κ3) is 3.34. The number of aryl methyl sites for hydroxylation is 1. The Bertz CT molecular complexity index is 563. The van der Waals surface area contributed by atoms with Crippen LogP contribution in [0.25, 0.3) is 11.3 Å². The lowest BCUT2D eigenvalue weighted by atomic mass is 10.1. The van der Waals surface area contributed by atoms with Crippen molar-refractivity contribution in [2.45, 2.75) is 12.8 Å². The Balaban J connectivity index is 2.09. The SMILES string of the molecule is COC(=O)CCc1ncc(-c2cccc(OC)c2)[nH]1. The van der Waals surface area contributed by atoms with E-state index in [1.807, 2.05) is 24.3 Å². The van der Waals surface area contributed by atoms with Crippen LogP contribution in [0.2, 0.25) is 0 Å². The molecule has 0 fully saturated rings. The molecule has 0 atom stereocenters. The van der Waals surface area contributed by atoms with Gasteiger partial charge in [-0.25, -0.2) is 4.98 Å². The second-order valence-corrected chi connectivity index (χ2v) is 4.05. The number of aromatic amines is 1. The van der Waals surface area contributed by atoms with Crippen LogP contribution in [0, 0.1) is 0 Å². The highest BCUT2D eigenvalue weighted by atomic mass is 16.5. The van der Waals surface area contributed by atoms with Gasteiger partial charge >= 0.3 is 5.97 Å². The van der Waals surface area contributed by atoms with Gasteiger partial charge in [0.1, 0.15) is 11.6 Å². The smallest absolute Gasteiger partial charge is 0.305 e. The molecule has 0 saturated carbocycles. The normalized spacial score (nSPS) is 10.2. The van der Waals surface area contributed by atoms with Crippen molar-refractivity contribution in [3.05, 3.63) is 36.3 Å². The zero-order chi connectivity index (χ0) is 13.7. The Hall–Kier alpha value is -2.30. The van der Waals surface area contributed by atoms with Crippen molar-refractivity contribution < 1.29 is 14.3 Å². The van der Waals surface area contributed by atoms with E-state index in [0.29, 0.717) is 12.8 Å². The second-order valence-electron chi connectivity index (χ2n) is 4.05. The van der Waals surface area contributed by atoms with E-state index < -0.39 is 0 Å². The highest BCUT2D eigenvalue weighted by Gasteiger charge is 2.07. The third-order valence-electron chi connectivity index (χ3n) is 2.80. The van der Waals surface area contributed by atoms with E-state index in [2.05, 4.69) is 14.7 Å². The van der Waals surface area contributed by atoms with Crippen LogP contribution in [0.3, 0.4) is 0 Å². The Kier molecular flexibility index (Phi) is 4.18. The molecule has 1 N–H and O–H groups in total. The molecule has 0 amide bonds. The van der Waals surface area contributed by atoms with Crippen LogP contribution in [0.1, 0.15) is 12.2 Å². The fourth-order valence-electron chi connectivity index (χ4n) is 1.75. The molecule has 2 aromatic rings. The summed E-state index contributed by atoms with van der Waals surface area (Å²) in [7, 11) is 3.01. The molecule has 0 aliphatic heterocycles. The van der Waals surface area contributed by atoms with Gasteiger partial charge in [-0.2, -0.15) is 0 Å². The molecule has 0 bridgehead atoms. The number of methoxy groups -OCH3 is 2. The summed E-state index contributed by atoms with van der Waals surface area (Å²) in [4.78, 5) is 18.5. The largest absolute Gasteiger partial charge is 0.497 e. The van der Waals surface area contributed by atoms with Gasteiger partial charge < -0.3 is 14.5 Å². The van der Waals surface area contributed by atoms with Crippen LogP contribution in [0.5, 0.6) is 5.75 Å². The van der Waals surface area contributed by atoms with Gasteiger partial charge in [0.15, 0.2) is 0 Å². The fraction of sp³-hybridized carbons (Fsp3) is 0.286. The van der Waals surface area contributed by atoms with E-state index in [9.17, 15) is 4.79 Å². The minimum absolute atomic E-state index is 0.237. The number of carbonyl (C=O) groups excluding carboxylic acids is 1. The van der Waals surface area contributed by atoms with Gasteiger partial charge in [-0.3, -0.25) is 4.79 Å². The van der Waals surface area contributed by atoms with Crippen molar-refractivity contribution in [1.82, 2.24) is 9.97 Å². The van der Waals surface area contributed by atoms with Gasteiger partial charge in [-0.15, -0.1) is 0 Å². The van der Waals surface area contributed by atoms with Crippen molar-refractivity contribution in [2.24, 2.45) is 0 Å². The predicted octanol–water partition coefficient (Wildman–Crippen LogP) is 2.19. The van der Waals surface area contributed by atoms with E-state index in [4.69, 9.17) is 4.74 Å². The molecule has 0 aliphatic rings. The van der Waals surface area contributed by atoms with Gasteiger partial charge in [0.25, 0.3) is 0 Å². The van der Waals surface area contributed by atoms with Crippen LogP contribution in [0.4, 0.5) is 0 Å². The number of H-pyrrole nitrogens is 1. The number of rotatable bonds is 5. The number of ether oxygens (including phenoxy) is 2. The maximum atomic E-state index is 11.1. The standard InChI is InChI=1S/C14H16N2O3/c1-18-11-5-3-4-10(8-11)12-9-15-13(16-12)6-7-14(17)19-2/h3-5,8-9H,6-7H2,1-2H3,(H,15,16). The summed E-state index contributed by atoms with van der Waals surface area (Å²) in [5.74, 6) is 1.32. The molecule has 5 heteroatoms. The minimum Gasteiger partial charge on any atom is -0.497 e. The Morgan fingerprint density at radius 3 is 2.95 bits per heavy atom.